The molecule has 0 unspecified atom stereocenters. The van der Waals surface area contributed by atoms with E-state index < -0.39 is 10.4 Å². The summed E-state index contributed by atoms with van der Waals surface area (Å²) in [5.41, 5.74) is 0. The van der Waals surface area contributed by atoms with E-state index in [2.05, 4.69) is 17.2 Å². The van der Waals surface area contributed by atoms with E-state index in [0.717, 1.165) is 12.7 Å². The molecule has 0 radical (unpaired) electrons. The van der Waals surface area contributed by atoms with Crippen molar-refractivity contribution < 1.29 is 46.7 Å². The van der Waals surface area contributed by atoms with Crippen LogP contribution >= 0.6 is 0 Å². The van der Waals surface area contributed by atoms with Crippen LogP contribution in [0.15, 0.2) is 122 Å². The largest absolute Gasteiger partial charge is 1.00 e. The van der Waals surface area contributed by atoms with Crippen molar-refractivity contribution in [3.8, 4) is 0 Å². The zero-order valence-electron chi connectivity index (χ0n) is 16.3. The van der Waals surface area contributed by atoms with Gasteiger partial charge in [-0.15, -0.1) is 0 Å². The molecule has 0 rings (SSSR count). The molecular weight excluding hydrogens is 383 g/mol. The van der Waals surface area contributed by atoms with Gasteiger partial charge in [0.1, 0.15) is 6.26 Å². The van der Waals surface area contributed by atoms with Crippen LogP contribution in [0.25, 0.3) is 0 Å². The van der Waals surface area contributed by atoms with Gasteiger partial charge in [-0.25, -0.2) is 8.42 Å². The van der Waals surface area contributed by atoms with Gasteiger partial charge >= 0.3 is 29.6 Å². The Labute approximate surface area is 191 Å². The summed E-state index contributed by atoms with van der Waals surface area (Å²) in [7, 11) is -4.67. The summed E-state index contributed by atoms with van der Waals surface area (Å²) in [6.45, 7) is 2.10. The van der Waals surface area contributed by atoms with Gasteiger partial charge < -0.3 is 8.74 Å². The molecule has 28 heavy (non-hydrogen) atoms. The molecule has 144 valence electrons. The normalized spacial score (nSPS) is 14.2. The first-order valence-electron chi connectivity index (χ1n) is 8.35. The maximum atomic E-state index is 10.1. The Morgan fingerprint density at radius 3 is 1.18 bits per heavy atom. The molecule has 0 heterocycles. The molecule has 0 bridgehead atoms. The third kappa shape index (κ3) is 26.3. The molecule has 0 aliphatic heterocycles. The van der Waals surface area contributed by atoms with Crippen molar-refractivity contribution in [1.82, 2.24) is 0 Å². The van der Waals surface area contributed by atoms with Crippen molar-refractivity contribution in [3.05, 3.63) is 122 Å². The molecule has 0 amide bonds. The van der Waals surface area contributed by atoms with Crippen molar-refractivity contribution in [1.29, 1.82) is 0 Å². The molecular formula is C22H25NaO4S. The molecule has 0 saturated heterocycles. The standard InChI is InChI=1S/C22H26O4S.Na/c1-2-3-4-5-6-7-8-9-10-11-12-13-14-15-16-17-18-19-20-21-22-26-27(23,24)25;/h3-22H,2H2,1H3,(H,23,24,25);/q;+1/p-1/b4-3+,6-5+,8-7+,10-9+,12-11+,14-13+,16-15+,18-17+,20-19+,22-21+;. The van der Waals surface area contributed by atoms with E-state index in [1.165, 1.54) is 12.2 Å². The predicted octanol–water partition coefficient (Wildman–Crippen LogP) is 2.40. The van der Waals surface area contributed by atoms with Crippen LogP contribution in [0.4, 0.5) is 0 Å². The fraction of sp³-hybridized carbons (Fsp3) is 0.0909. The molecule has 0 saturated carbocycles. The maximum absolute atomic E-state index is 10.1. The van der Waals surface area contributed by atoms with Gasteiger partial charge in [0.05, 0.1) is 0 Å². The summed E-state index contributed by atoms with van der Waals surface area (Å²) >= 11 is 0. The second-order valence-corrected chi connectivity index (χ2v) is 5.76. The summed E-state index contributed by atoms with van der Waals surface area (Å²) < 4.78 is 34.3. The molecule has 0 fully saturated rings. The molecule has 0 aromatic rings. The Morgan fingerprint density at radius 2 is 0.893 bits per heavy atom. The number of allylic oxidation sites excluding steroid dienone is 19. The Hall–Kier alpha value is -1.89. The SMILES string of the molecule is CC/C=C/C=C/C=C/C=C/C=C/C=C/C=C/C=C/C=C/C=C/OS(=O)(=O)[O-].[Na+]. The van der Waals surface area contributed by atoms with Gasteiger partial charge in [0.2, 0.25) is 0 Å². The Bertz CT molecular complexity index is 775. The monoisotopic (exact) mass is 408 g/mol. The Balaban J connectivity index is 0. The number of rotatable bonds is 12. The summed E-state index contributed by atoms with van der Waals surface area (Å²) in [5, 5.41) is 0. The average Bonchev–Trinajstić information content (AvgIpc) is 2.62. The first kappa shape index (κ1) is 28.3. The summed E-state index contributed by atoms with van der Waals surface area (Å²) in [6.07, 6.45) is 37.2. The topological polar surface area (TPSA) is 66.4 Å². The van der Waals surface area contributed by atoms with Crippen molar-refractivity contribution in [2.75, 3.05) is 0 Å². The Morgan fingerprint density at radius 1 is 0.607 bits per heavy atom. The van der Waals surface area contributed by atoms with Crippen LogP contribution in [0, 0.1) is 0 Å². The minimum atomic E-state index is -4.67. The van der Waals surface area contributed by atoms with Gasteiger partial charge in [0.15, 0.2) is 0 Å². The molecule has 0 atom stereocenters. The van der Waals surface area contributed by atoms with Crippen molar-refractivity contribution in [2.24, 2.45) is 0 Å². The van der Waals surface area contributed by atoms with Gasteiger partial charge in [0.25, 0.3) is 10.4 Å². The van der Waals surface area contributed by atoms with E-state index in [1.807, 2.05) is 79.0 Å². The number of hydrogen-bond acceptors (Lipinski definition) is 4. The zero-order chi connectivity index (χ0) is 20.1. The summed E-state index contributed by atoms with van der Waals surface area (Å²) in [5.74, 6) is 0. The second-order valence-electron chi connectivity index (χ2n) is 4.75. The molecule has 4 nitrogen and oxygen atoms in total. The van der Waals surface area contributed by atoms with E-state index in [4.69, 9.17) is 0 Å². The third-order valence-electron chi connectivity index (χ3n) is 2.51. The van der Waals surface area contributed by atoms with Crippen LogP contribution in [-0.2, 0) is 14.6 Å². The van der Waals surface area contributed by atoms with Crippen molar-refractivity contribution in [3.63, 3.8) is 0 Å². The van der Waals surface area contributed by atoms with Gasteiger partial charge in [-0.1, -0.05) is 116 Å². The van der Waals surface area contributed by atoms with Gasteiger partial charge in [0, 0.05) is 0 Å². The van der Waals surface area contributed by atoms with Crippen LogP contribution in [-0.4, -0.2) is 13.0 Å². The first-order chi connectivity index (χ1) is 13.1. The number of hydrogen-bond donors (Lipinski definition) is 0. The van der Waals surface area contributed by atoms with Gasteiger partial charge in [-0.3, -0.25) is 0 Å². The van der Waals surface area contributed by atoms with E-state index >= 15 is 0 Å². The third-order valence-corrected chi connectivity index (χ3v) is 2.86. The molecule has 0 aliphatic carbocycles. The molecule has 0 aromatic heterocycles. The van der Waals surface area contributed by atoms with Crippen LogP contribution in [0.1, 0.15) is 13.3 Å². The smallest absolute Gasteiger partial charge is 0.716 e. The van der Waals surface area contributed by atoms with E-state index in [9.17, 15) is 13.0 Å². The molecule has 0 spiro atoms. The van der Waals surface area contributed by atoms with E-state index in [1.54, 1.807) is 18.2 Å². The van der Waals surface area contributed by atoms with Gasteiger partial charge in [-0.05, 0) is 12.5 Å². The summed E-state index contributed by atoms with van der Waals surface area (Å²) in [6, 6.07) is 0. The van der Waals surface area contributed by atoms with Crippen LogP contribution in [0.3, 0.4) is 0 Å². The molecule has 0 aliphatic rings. The van der Waals surface area contributed by atoms with E-state index in [-0.39, 0.29) is 29.6 Å². The second kappa shape index (κ2) is 21.4. The first-order valence-corrected chi connectivity index (χ1v) is 9.68. The predicted molar refractivity (Wildman–Crippen MR) is 112 cm³/mol. The molecule has 6 heteroatoms. The van der Waals surface area contributed by atoms with Crippen molar-refractivity contribution >= 4 is 10.4 Å². The average molecular weight is 408 g/mol. The quantitative estimate of drug-likeness (QED) is 0.164. The fourth-order valence-electron chi connectivity index (χ4n) is 1.39. The fourth-order valence-corrected chi connectivity index (χ4v) is 1.59. The minimum Gasteiger partial charge on any atom is -0.716 e. The molecule has 0 aromatic carbocycles. The van der Waals surface area contributed by atoms with Gasteiger partial charge in [-0.2, -0.15) is 0 Å². The minimum absolute atomic E-state index is 0. The van der Waals surface area contributed by atoms with Crippen LogP contribution in [0.2, 0.25) is 0 Å². The maximum Gasteiger partial charge on any atom is 1.00 e. The van der Waals surface area contributed by atoms with Crippen LogP contribution < -0.4 is 29.6 Å². The zero-order valence-corrected chi connectivity index (χ0v) is 19.1. The Kier molecular flexibility index (Phi) is 21.7. The molecule has 0 N–H and O–H groups in total. The summed E-state index contributed by atoms with van der Waals surface area (Å²) in [4.78, 5) is 0. The van der Waals surface area contributed by atoms with E-state index in [0.29, 0.717) is 0 Å². The van der Waals surface area contributed by atoms with Crippen molar-refractivity contribution in [2.45, 2.75) is 13.3 Å². The van der Waals surface area contributed by atoms with Crippen LogP contribution in [0.5, 0.6) is 0 Å².